The van der Waals surface area contributed by atoms with Gasteiger partial charge in [-0.05, 0) is 56.4 Å². The monoisotopic (exact) mass is 383 g/mol. The third-order valence-corrected chi connectivity index (χ3v) is 4.65. The molecule has 1 aromatic rings. The zero-order valence-electron chi connectivity index (χ0n) is 15.3. The number of methoxy groups -OCH3 is 1. The summed E-state index contributed by atoms with van der Waals surface area (Å²) < 4.78 is 42.7. The summed E-state index contributed by atoms with van der Waals surface area (Å²) in [5.41, 5.74) is 0.655. The first-order valence-corrected chi connectivity index (χ1v) is 9.02. The van der Waals surface area contributed by atoms with Crippen molar-refractivity contribution in [1.82, 2.24) is 4.90 Å². The van der Waals surface area contributed by atoms with Crippen molar-refractivity contribution in [3.05, 3.63) is 47.0 Å². The van der Waals surface area contributed by atoms with E-state index in [9.17, 15) is 22.8 Å². The number of benzene rings is 1. The maximum absolute atomic E-state index is 12.8. The minimum Gasteiger partial charge on any atom is -0.469 e. The van der Waals surface area contributed by atoms with E-state index in [0.717, 1.165) is 31.4 Å². The summed E-state index contributed by atoms with van der Waals surface area (Å²) in [6.45, 7) is 0.586. The van der Waals surface area contributed by atoms with Crippen molar-refractivity contribution in [1.29, 1.82) is 0 Å². The van der Waals surface area contributed by atoms with E-state index in [0.29, 0.717) is 13.0 Å². The Bertz CT molecular complexity index is 681. The average molecular weight is 383 g/mol. The van der Waals surface area contributed by atoms with Crippen molar-refractivity contribution >= 4 is 11.9 Å². The largest absolute Gasteiger partial charge is 0.469 e. The molecule has 0 aliphatic heterocycles. The first-order valence-electron chi connectivity index (χ1n) is 9.02. The minimum atomic E-state index is -4.44. The topological polar surface area (TPSA) is 46.6 Å². The molecule has 2 rings (SSSR count). The highest BCUT2D eigenvalue weighted by Gasteiger charge is 2.30. The Morgan fingerprint density at radius 3 is 2.37 bits per heavy atom. The van der Waals surface area contributed by atoms with Crippen molar-refractivity contribution in [2.24, 2.45) is 0 Å². The van der Waals surface area contributed by atoms with Gasteiger partial charge in [-0.2, -0.15) is 13.2 Å². The zero-order chi connectivity index (χ0) is 19.9. The van der Waals surface area contributed by atoms with Gasteiger partial charge in [-0.1, -0.05) is 11.6 Å². The second-order valence-corrected chi connectivity index (χ2v) is 6.55. The first-order chi connectivity index (χ1) is 12.8. The normalized spacial score (nSPS) is 14.4. The number of hydrogen-bond donors (Lipinski definition) is 0. The van der Waals surface area contributed by atoms with Crippen LogP contribution in [-0.2, 0) is 15.7 Å². The number of allylic oxidation sites excluding steroid dienone is 1. The number of rotatable bonds is 7. The van der Waals surface area contributed by atoms with E-state index >= 15 is 0 Å². The van der Waals surface area contributed by atoms with Crippen LogP contribution in [0, 0.1) is 0 Å². The van der Waals surface area contributed by atoms with Gasteiger partial charge >= 0.3 is 12.1 Å². The smallest absolute Gasteiger partial charge is 0.416 e. The Balaban J connectivity index is 2.08. The number of carbonyl (C=O) groups excluding carboxylic acids is 2. The summed E-state index contributed by atoms with van der Waals surface area (Å²) in [6, 6.07) is 4.15. The van der Waals surface area contributed by atoms with Gasteiger partial charge in [-0.25, -0.2) is 0 Å². The summed E-state index contributed by atoms with van der Waals surface area (Å²) in [5.74, 6) is -0.818. The molecule has 4 nitrogen and oxygen atoms in total. The number of esters is 1. The quantitative estimate of drug-likeness (QED) is 0.511. The number of carbonyl (C=O) groups is 2. The lowest BCUT2D eigenvalue weighted by Gasteiger charge is -2.24. The fourth-order valence-electron chi connectivity index (χ4n) is 3.04. The first kappa shape index (κ1) is 21.0. The molecule has 1 aromatic carbocycles. The van der Waals surface area contributed by atoms with Gasteiger partial charge in [0.05, 0.1) is 19.1 Å². The molecule has 0 heterocycles. The standard InChI is InChI=1S/C20H24F3NO3/c1-27-18(25)12-14-24(13-11-15-5-3-2-4-6-15)19(26)16-7-9-17(10-8-16)20(21,22)23/h5,7-10H,2-4,6,11-14H2,1H3. The lowest BCUT2D eigenvalue weighted by molar-refractivity contribution is -0.141. The number of amides is 1. The highest BCUT2D eigenvalue weighted by molar-refractivity contribution is 5.94. The summed E-state index contributed by atoms with van der Waals surface area (Å²) in [7, 11) is 1.27. The molecule has 0 bridgehead atoms. The fraction of sp³-hybridized carbons (Fsp3) is 0.500. The summed E-state index contributed by atoms with van der Waals surface area (Å²) >= 11 is 0. The van der Waals surface area contributed by atoms with Crippen molar-refractivity contribution in [3.8, 4) is 0 Å². The minimum absolute atomic E-state index is 0.0436. The molecule has 1 aliphatic carbocycles. The summed E-state index contributed by atoms with van der Waals surface area (Å²) in [6.07, 6.45) is 2.81. The highest BCUT2D eigenvalue weighted by Crippen LogP contribution is 2.29. The van der Waals surface area contributed by atoms with Crippen molar-refractivity contribution in [2.75, 3.05) is 20.2 Å². The third kappa shape index (κ3) is 6.41. The number of nitrogens with zero attached hydrogens (tertiary/aromatic N) is 1. The SMILES string of the molecule is COC(=O)CCN(CCC1=CCCCC1)C(=O)c1ccc(C(F)(F)F)cc1. The molecule has 0 aromatic heterocycles. The predicted octanol–water partition coefficient (Wildman–Crippen LogP) is 4.60. The van der Waals surface area contributed by atoms with Crippen LogP contribution < -0.4 is 0 Å². The van der Waals surface area contributed by atoms with Gasteiger partial charge in [-0.3, -0.25) is 9.59 Å². The lowest BCUT2D eigenvalue weighted by atomic mass is 9.97. The van der Waals surface area contributed by atoms with E-state index in [2.05, 4.69) is 10.8 Å². The van der Waals surface area contributed by atoms with Crippen molar-refractivity contribution < 1.29 is 27.5 Å². The molecule has 148 valence electrons. The second kappa shape index (κ2) is 9.58. The van der Waals surface area contributed by atoms with Crippen molar-refractivity contribution in [3.63, 3.8) is 0 Å². The maximum atomic E-state index is 12.8. The second-order valence-electron chi connectivity index (χ2n) is 6.55. The van der Waals surface area contributed by atoms with E-state index in [-0.39, 0.29) is 24.4 Å². The van der Waals surface area contributed by atoms with Gasteiger partial charge in [0.15, 0.2) is 0 Å². The summed E-state index contributed by atoms with van der Waals surface area (Å²) in [5, 5.41) is 0. The van der Waals surface area contributed by atoms with Gasteiger partial charge in [0.2, 0.25) is 0 Å². The van der Waals surface area contributed by atoms with Gasteiger partial charge in [0.25, 0.3) is 5.91 Å². The Morgan fingerprint density at radius 2 is 1.81 bits per heavy atom. The molecule has 27 heavy (non-hydrogen) atoms. The molecule has 0 saturated heterocycles. The molecule has 0 fully saturated rings. The van der Waals surface area contributed by atoms with Crippen LogP contribution in [0.4, 0.5) is 13.2 Å². The summed E-state index contributed by atoms with van der Waals surface area (Å²) in [4.78, 5) is 25.7. The molecule has 0 unspecified atom stereocenters. The average Bonchev–Trinajstić information content (AvgIpc) is 2.67. The molecule has 0 radical (unpaired) electrons. The van der Waals surface area contributed by atoms with Crippen LogP contribution in [0.5, 0.6) is 0 Å². The van der Waals surface area contributed by atoms with Gasteiger partial charge in [0, 0.05) is 18.7 Å². The maximum Gasteiger partial charge on any atom is 0.416 e. The molecular formula is C20H24F3NO3. The molecule has 1 aliphatic rings. The lowest BCUT2D eigenvalue weighted by Crippen LogP contribution is -2.34. The van der Waals surface area contributed by atoms with E-state index in [1.807, 2.05) is 0 Å². The van der Waals surface area contributed by atoms with Gasteiger partial charge < -0.3 is 9.64 Å². The molecular weight excluding hydrogens is 359 g/mol. The number of halogens is 3. The van der Waals surface area contributed by atoms with Crippen LogP contribution in [0.2, 0.25) is 0 Å². The zero-order valence-corrected chi connectivity index (χ0v) is 15.3. The molecule has 0 saturated carbocycles. The van der Waals surface area contributed by atoms with Crippen LogP contribution in [0.1, 0.15) is 54.4 Å². The fourth-order valence-corrected chi connectivity index (χ4v) is 3.04. The molecule has 7 heteroatoms. The van der Waals surface area contributed by atoms with Crippen LogP contribution in [0.15, 0.2) is 35.9 Å². The van der Waals surface area contributed by atoms with Gasteiger partial charge in [0.1, 0.15) is 0 Å². The Hall–Kier alpha value is -2.31. The number of hydrogen-bond acceptors (Lipinski definition) is 3. The highest BCUT2D eigenvalue weighted by atomic mass is 19.4. The molecule has 1 amide bonds. The Labute approximate surface area is 157 Å². The van der Waals surface area contributed by atoms with E-state index in [1.54, 1.807) is 0 Å². The van der Waals surface area contributed by atoms with Crippen LogP contribution >= 0.6 is 0 Å². The number of alkyl halides is 3. The number of ether oxygens (including phenoxy) is 1. The van der Waals surface area contributed by atoms with E-state index < -0.39 is 17.7 Å². The molecule has 0 atom stereocenters. The predicted molar refractivity (Wildman–Crippen MR) is 95.1 cm³/mol. The Kier molecular flexibility index (Phi) is 7.45. The van der Waals surface area contributed by atoms with Crippen LogP contribution in [0.3, 0.4) is 0 Å². The third-order valence-electron chi connectivity index (χ3n) is 4.65. The van der Waals surface area contributed by atoms with Crippen LogP contribution in [0.25, 0.3) is 0 Å². The van der Waals surface area contributed by atoms with Gasteiger partial charge in [-0.15, -0.1) is 0 Å². The van der Waals surface area contributed by atoms with E-state index in [4.69, 9.17) is 0 Å². The molecule has 0 N–H and O–H groups in total. The van der Waals surface area contributed by atoms with Crippen LogP contribution in [-0.4, -0.2) is 37.0 Å². The molecule has 0 spiro atoms. The van der Waals surface area contributed by atoms with E-state index in [1.165, 1.54) is 36.1 Å². The Morgan fingerprint density at radius 1 is 1.11 bits per heavy atom. The van der Waals surface area contributed by atoms with Crippen molar-refractivity contribution in [2.45, 2.75) is 44.7 Å².